The van der Waals surface area contributed by atoms with E-state index in [-0.39, 0.29) is 15.1 Å². The van der Waals surface area contributed by atoms with Crippen molar-refractivity contribution in [2.24, 2.45) is 0 Å². The van der Waals surface area contributed by atoms with Gasteiger partial charge in [0, 0.05) is 16.0 Å². The van der Waals surface area contributed by atoms with E-state index >= 15 is 0 Å². The molecule has 2 aromatic carbocycles. The molecule has 0 N–H and O–H groups in total. The monoisotopic (exact) mass is 446 g/mol. The number of halogens is 5. The average molecular weight is 446 g/mol. The van der Waals surface area contributed by atoms with Crippen LogP contribution in [0.2, 0.25) is 0 Å². The zero-order valence-corrected chi connectivity index (χ0v) is 14.3. The molecule has 1 atom stereocenters. The summed E-state index contributed by atoms with van der Waals surface area (Å²) >= 11 is 2.73. The van der Waals surface area contributed by atoms with Gasteiger partial charge in [-0.15, -0.1) is 11.3 Å². The third-order valence-corrected chi connectivity index (χ3v) is 6.27. The highest BCUT2D eigenvalue weighted by Gasteiger charge is 2.33. The van der Waals surface area contributed by atoms with Gasteiger partial charge in [-0.05, 0) is 22.8 Å². The molecule has 1 heterocycles. The van der Waals surface area contributed by atoms with E-state index in [4.69, 9.17) is 0 Å². The first-order chi connectivity index (χ1) is 11.0. The number of rotatable bonds is 0. The highest BCUT2D eigenvalue weighted by Crippen LogP contribution is 2.52. The topological polar surface area (TPSA) is 0 Å². The third kappa shape index (κ3) is 2.07. The summed E-state index contributed by atoms with van der Waals surface area (Å²) in [6.45, 7) is 0. The number of alkyl halides is 1. The molecule has 0 fully saturated rings. The van der Waals surface area contributed by atoms with E-state index in [9.17, 15) is 17.6 Å². The maximum atomic E-state index is 14.5. The van der Waals surface area contributed by atoms with Crippen LogP contribution in [-0.4, -0.2) is 0 Å². The fourth-order valence-corrected chi connectivity index (χ4v) is 4.94. The summed E-state index contributed by atoms with van der Waals surface area (Å²) in [6.07, 6.45) is 0. The molecular weight excluding hydrogens is 439 g/mol. The van der Waals surface area contributed by atoms with Gasteiger partial charge in [0.1, 0.15) is 0 Å². The molecule has 0 spiro atoms. The quantitative estimate of drug-likeness (QED) is 0.211. The normalized spacial score (nSPS) is 15.6. The summed E-state index contributed by atoms with van der Waals surface area (Å²) in [5, 5.41) is -1.02. The van der Waals surface area contributed by atoms with E-state index in [1.54, 1.807) is 12.1 Å². The molecular formula is C17H7F4IS. The molecule has 1 aliphatic rings. The fourth-order valence-electron chi connectivity index (χ4n) is 2.92. The molecule has 0 nitrogen and oxygen atoms in total. The van der Waals surface area contributed by atoms with Gasteiger partial charge < -0.3 is 0 Å². The first-order valence-electron chi connectivity index (χ1n) is 6.70. The Morgan fingerprint density at radius 2 is 1.57 bits per heavy atom. The summed E-state index contributed by atoms with van der Waals surface area (Å²) in [6, 6.07) is 9.61. The lowest BCUT2D eigenvalue weighted by Gasteiger charge is -2.14. The van der Waals surface area contributed by atoms with Crippen molar-refractivity contribution in [3.63, 3.8) is 0 Å². The predicted octanol–water partition coefficient (Wildman–Crippen LogP) is 6.48. The second-order valence-corrected chi connectivity index (χ2v) is 7.39. The van der Waals surface area contributed by atoms with Gasteiger partial charge in [-0.1, -0.05) is 52.9 Å². The summed E-state index contributed by atoms with van der Waals surface area (Å²) in [5.41, 5.74) is 1.53. The SMILES string of the molecule is Fc1ccc2c(c1F)-c1c(sc(F)c1F)-c1ccccc1C2I. The molecule has 0 radical (unpaired) electrons. The largest absolute Gasteiger partial charge is 0.213 e. The van der Waals surface area contributed by atoms with Crippen LogP contribution in [0.25, 0.3) is 21.6 Å². The van der Waals surface area contributed by atoms with E-state index in [0.29, 0.717) is 27.3 Å². The zero-order valence-electron chi connectivity index (χ0n) is 11.3. The molecule has 6 heteroatoms. The minimum Gasteiger partial charge on any atom is -0.204 e. The molecule has 23 heavy (non-hydrogen) atoms. The summed E-state index contributed by atoms with van der Waals surface area (Å²) < 4.78 is 56.2. The molecule has 0 aliphatic heterocycles. The van der Waals surface area contributed by atoms with E-state index in [2.05, 4.69) is 22.6 Å². The summed E-state index contributed by atoms with van der Waals surface area (Å²) in [5.74, 6) is -3.35. The Hall–Kier alpha value is -1.41. The highest BCUT2D eigenvalue weighted by atomic mass is 127. The van der Waals surface area contributed by atoms with Gasteiger partial charge in [-0.25, -0.2) is 13.2 Å². The molecule has 3 aromatic rings. The Morgan fingerprint density at radius 3 is 2.35 bits per heavy atom. The Morgan fingerprint density at radius 1 is 0.826 bits per heavy atom. The standard InChI is InChI=1S/C17H7F4IS/c18-10-6-5-9-11(13(10)19)12-14(20)17(21)23-16(12)8-4-2-1-3-7(8)15(9)22/h1-6,15H. The fraction of sp³-hybridized carbons (Fsp3) is 0.0588. The number of fused-ring (bicyclic) bond motifs is 5. The lowest BCUT2D eigenvalue weighted by molar-refractivity contribution is 0.506. The molecule has 0 bridgehead atoms. The van der Waals surface area contributed by atoms with Gasteiger partial charge in [0.2, 0.25) is 5.13 Å². The van der Waals surface area contributed by atoms with Crippen molar-refractivity contribution >= 4 is 33.9 Å². The Kier molecular flexibility index (Phi) is 3.49. The average Bonchev–Trinajstić information content (AvgIpc) is 2.79. The van der Waals surface area contributed by atoms with Crippen molar-refractivity contribution in [3.8, 4) is 21.6 Å². The van der Waals surface area contributed by atoms with Crippen molar-refractivity contribution < 1.29 is 17.6 Å². The van der Waals surface area contributed by atoms with Crippen LogP contribution in [0.1, 0.15) is 15.1 Å². The van der Waals surface area contributed by atoms with Gasteiger partial charge in [-0.3, -0.25) is 0 Å². The smallest absolute Gasteiger partial charge is 0.204 e. The Balaban J connectivity index is 2.23. The molecule has 0 amide bonds. The van der Waals surface area contributed by atoms with Crippen LogP contribution in [0, 0.1) is 22.6 Å². The van der Waals surface area contributed by atoms with Crippen molar-refractivity contribution in [1.82, 2.24) is 0 Å². The van der Waals surface area contributed by atoms with Crippen molar-refractivity contribution in [3.05, 3.63) is 70.1 Å². The maximum absolute atomic E-state index is 14.5. The number of thiophene rings is 1. The molecule has 0 saturated carbocycles. The van der Waals surface area contributed by atoms with Crippen molar-refractivity contribution in [2.75, 3.05) is 0 Å². The Labute approximate surface area is 146 Å². The predicted molar refractivity (Wildman–Crippen MR) is 90.9 cm³/mol. The van der Waals surface area contributed by atoms with Crippen molar-refractivity contribution in [2.45, 2.75) is 3.92 Å². The highest BCUT2D eigenvalue weighted by molar-refractivity contribution is 14.1. The van der Waals surface area contributed by atoms with Crippen LogP contribution in [0.15, 0.2) is 36.4 Å². The van der Waals surface area contributed by atoms with E-state index in [0.717, 1.165) is 11.6 Å². The third-order valence-electron chi connectivity index (χ3n) is 3.94. The lowest BCUT2D eigenvalue weighted by Crippen LogP contribution is -1.99. The summed E-state index contributed by atoms with van der Waals surface area (Å²) in [7, 11) is 0. The zero-order chi connectivity index (χ0) is 16.3. The van der Waals surface area contributed by atoms with Gasteiger partial charge in [0.05, 0.1) is 3.92 Å². The van der Waals surface area contributed by atoms with Crippen LogP contribution in [0.4, 0.5) is 17.6 Å². The first-order valence-corrected chi connectivity index (χ1v) is 8.76. The van der Waals surface area contributed by atoms with E-state index in [1.807, 2.05) is 12.1 Å². The first kappa shape index (κ1) is 15.1. The van der Waals surface area contributed by atoms with Crippen LogP contribution >= 0.6 is 33.9 Å². The van der Waals surface area contributed by atoms with Crippen LogP contribution < -0.4 is 0 Å². The van der Waals surface area contributed by atoms with E-state index in [1.165, 1.54) is 6.07 Å². The van der Waals surface area contributed by atoms with Crippen LogP contribution in [0.5, 0.6) is 0 Å². The molecule has 4 rings (SSSR count). The molecule has 1 aliphatic carbocycles. The number of benzene rings is 2. The van der Waals surface area contributed by atoms with Gasteiger partial charge >= 0.3 is 0 Å². The number of hydrogen-bond donors (Lipinski definition) is 0. The minimum atomic E-state index is -1.14. The van der Waals surface area contributed by atoms with Crippen molar-refractivity contribution in [1.29, 1.82) is 0 Å². The molecule has 0 saturated heterocycles. The lowest BCUT2D eigenvalue weighted by atomic mass is 9.98. The Bertz CT molecular complexity index is 948. The second kappa shape index (κ2) is 5.31. The molecule has 1 unspecified atom stereocenters. The van der Waals surface area contributed by atoms with Crippen LogP contribution in [-0.2, 0) is 0 Å². The molecule has 116 valence electrons. The molecule has 1 aromatic heterocycles. The van der Waals surface area contributed by atoms with Gasteiger partial charge in [0.15, 0.2) is 17.5 Å². The van der Waals surface area contributed by atoms with Gasteiger partial charge in [-0.2, -0.15) is 4.39 Å². The van der Waals surface area contributed by atoms with E-state index < -0.39 is 22.6 Å². The minimum absolute atomic E-state index is 0.187. The summed E-state index contributed by atoms with van der Waals surface area (Å²) in [4.78, 5) is 0.292. The second-order valence-electron chi connectivity index (χ2n) is 5.17. The maximum Gasteiger partial charge on any atom is 0.213 e. The van der Waals surface area contributed by atoms with Crippen LogP contribution in [0.3, 0.4) is 0 Å². The van der Waals surface area contributed by atoms with Gasteiger partial charge in [0.25, 0.3) is 0 Å². The number of hydrogen-bond acceptors (Lipinski definition) is 1.